The first-order chi connectivity index (χ1) is 7.70. The molecule has 0 saturated heterocycles. The molecule has 4 nitrogen and oxygen atoms in total. The van der Waals surface area contributed by atoms with Gasteiger partial charge in [-0.25, -0.2) is 0 Å². The minimum Gasteiger partial charge on any atom is -0.465 e. The summed E-state index contributed by atoms with van der Waals surface area (Å²) >= 11 is 0. The van der Waals surface area contributed by atoms with Crippen molar-refractivity contribution >= 4 is 35.0 Å². The Labute approximate surface area is 106 Å². The Morgan fingerprint density at radius 3 is 2.88 bits per heavy atom. The molecular formula is C12H15ClN2O2. The number of anilines is 1. The van der Waals surface area contributed by atoms with Crippen LogP contribution in [0, 0.1) is 0 Å². The number of ether oxygens (including phenoxy) is 1. The standard InChI is InChI=1S/C12H14N2O2.ClH/c1-2-16-12(15)8-14-6-5-9-7-10(13)3-4-11(9)14;/h3-7H,2,8,13H2,1H3;1H. The molecule has 0 aliphatic carbocycles. The van der Waals surface area contributed by atoms with E-state index in [1.807, 2.05) is 35.0 Å². The summed E-state index contributed by atoms with van der Waals surface area (Å²) in [6.45, 7) is 2.44. The van der Waals surface area contributed by atoms with E-state index in [1.54, 1.807) is 6.92 Å². The normalized spacial score (nSPS) is 9.94. The summed E-state index contributed by atoms with van der Waals surface area (Å²) in [5.74, 6) is -0.225. The number of aromatic nitrogens is 1. The number of fused-ring (bicyclic) bond motifs is 1. The zero-order chi connectivity index (χ0) is 11.5. The molecule has 0 aliphatic heterocycles. The van der Waals surface area contributed by atoms with E-state index in [0.717, 1.165) is 16.6 Å². The predicted molar refractivity (Wildman–Crippen MR) is 70.2 cm³/mol. The number of esters is 1. The fourth-order valence-electron chi connectivity index (χ4n) is 1.70. The number of benzene rings is 1. The van der Waals surface area contributed by atoms with Crippen LogP contribution in [0.25, 0.3) is 10.9 Å². The van der Waals surface area contributed by atoms with E-state index >= 15 is 0 Å². The van der Waals surface area contributed by atoms with Gasteiger partial charge in [-0.3, -0.25) is 4.79 Å². The molecule has 5 heteroatoms. The Morgan fingerprint density at radius 2 is 2.18 bits per heavy atom. The SMILES string of the molecule is CCOC(=O)Cn1ccc2cc(N)ccc21.Cl. The molecule has 0 aliphatic rings. The number of hydrogen-bond donors (Lipinski definition) is 1. The second-order valence-electron chi connectivity index (χ2n) is 3.57. The Bertz CT molecular complexity index is 522. The molecule has 0 unspecified atom stereocenters. The van der Waals surface area contributed by atoms with E-state index < -0.39 is 0 Å². The highest BCUT2D eigenvalue weighted by molar-refractivity contribution is 5.85. The number of nitrogens with two attached hydrogens (primary N) is 1. The first kappa shape index (κ1) is 13.4. The summed E-state index contributed by atoms with van der Waals surface area (Å²) in [5, 5.41) is 1.03. The van der Waals surface area contributed by atoms with Crippen molar-refractivity contribution < 1.29 is 9.53 Å². The summed E-state index contributed by atoms with van der Waals surface area (Å²) in [4.78, 5) is 11.4. The van der Waals surface area contributed by atoms with Gasteiger partial charge in [0, 0.05) is 22.8 Å². The van der Waals surface area contributed by atoms with Crippen molar-refractivity contribution in [2.75, 3.05) is 12.3 Å². The fourth-order valence-corrected chi connectivity index (χ4v) is 1.70. The van der Waals surface area contributed by atoms with Gasteiger partial charge in [-0.05, 0) is 31.2 Å². The Hall–Kier alpha value is -1.68. The van der Waals surface area contributed by atoms with Gasteiger partial charge in [0.2, 0.25) is 0 Å². The number of nitrogens with zero attached hydrogens (tertiary/aromatic N) is 1. The number of carbonyl (C=O) groups excluding carboxylic acids is 1. The number of halogens is 1. The second kappa shape index (κ2) is 5.59. The third-order valence-corrected chi connectivity index (χ3v) is 2.40. The minimum atomic E-state index is -0.225. The quantitative estimate of drug-likeness (QED) is 0.675. The van der Waals surface area contributed by atoms with Crippen LogP contribution < -0.4 is 5.73 Å². The zero-order valence-electron chi connectivity index (χ0n) is 9.55. The molecule has 17 heavy (non-hydrogen) atoms. The number of carbonyl (C=O) groups is 1. The first-order valence-corrected chi connectivity index (χ1v) is 5.20. The average Bonchev–Trinajstić information content (AvgIpc) is 2.61. The van der Waals surface area contributed by atoms with Crippen LogP contribution in [0.2, 0.25) is 0 Å². The first-order valence-electron chi connectivity index (χ1n) is 5.20. The van der Waals surface area contributed by atoms with E-state index in [0.29, 0.717) is 6.61 Å². The van der Waals surface area contributed by atoms with E-state index in [2.05, 4.69) is 0 Å². The maximum absolute atomic E-state index is 11.4. The topological polar surface area (TPSA) is 57.2 Å². The Kier molecular flexibility index (Phi) is 4.40. The van der Waals surface area contributed by atoms with Crippen molar-refractivity contribution in [2.24, 2.45) is 0 Å². The van der Waals surface area contributed by atoms with Crippen LogP contribution in [0.15, 0.2) is 30.5 Å². The van der Waals surface area contributed by atoms with Crippen LogP contribution in [0.5, 0.6) is 0 Å². The second-order valence-corrected chi connectivity index (χ2v) is 3.57. The van der Waals surface area contributed by atoms with E-state index in [1.165, 1.54) is 0 Å². The van der Waals surface area contributed by atoms with Gasteiger partial charge in [0.1, 0.15) is 6.54 Å². The highest BCUT2D eigenvalue weighted by Crippen LogP contribution is 2.18. The van der Waals surface area contributed by atoms with Crippen molar-refractivity contribution in [3.63, 3.8) is 0 Å². The molecule has 1 aromatic carbocycles. The monoisotopic (exact) mass is 254 g/mol. The van der Waals surface area contributed by atoms with Gasteiger partial charge >= 0.3 is 5.97 Å². The highest BCUT2D eigenvalue weighted by atomic mass is 35.5. The molecule has 1 aromatic heterocycles. The lowest BCUT2D eigenvalue weighted by Crippen LogP contribution is -2.12. The number of rotatable bonds is 3. The van der Waals surface area contributed by atoms with Crippen molar-refractivity contribution in [3.05, 3.63) is 30.5 Å². The van der Waals surface area contributed by atoms with E-state index in [9.17, 15) is 4.79 Å². The van der Waals surface area contributed by atoms with Gasteiger partial charge in [-0.2, -0.15) is 0 Å². The van der Waals surface area contributed by atoms with Gasteiger partial charge in [0.15, 0.2) is 0 Å². The number of hydrogen-bond acceptors (Lipinski definition) is 3. The zero-order valence-corrected chi connectivity index (χ0v) is 10.4. The largest absolute Gasteiger partial charge is 0.465 e. The minimum absolute atomic E-state index is 0. The molecule has 0 atom stereocenters. The fraction of sp³-hybridized carbons (Fsp3) is 0.250. The molecule has 1 heterocycles. The molecule has 0 spiro atoms. The molecule has 92 valence electrons. The average molecular weight is 255 g/mol. The van der Waals surface area contributed by atoms with Crippen molar-refractivity contribution in [2.45, 2.75) is 13.5 Å². The highest BCUT2D eigenvalue weighted by Gasteiger charge is 2.06. The van der Waals surface area contributed by atoms with Gasteiger partial charge in [0.05, 0.1) is 6.61 Å². The lowest BCUT2D eigenvalue weighted by atomic mass is 10.2. The van der Waals surface area contributed by atoms with Crippen molar-refractivity contribution in [1.29, 1.82) is 0 Å². The van der Waals surface area contributed by atoms with Crippen LogP contribution in [0.1, 0.15) is 6.92 Å². The third-order valence-electron chi connectivity index (χ3n) is 2.40. The summed E-state index contributed by atoms with van der Waals surface area (Å²) in [7, 11) is 0. The van der Waals surface area contributed by atoms with Crippen LogP contribution in [-0.4, -0.2) is 17.1 Å². The molecule has 0 amide bonds. The third kappa shape index (κ3) is 2.91. The summed E-state index contributed by atoms with van der Waals surface area (Å²) in [5.41, 5.74) is 7.39. The van der Waals surface area contributed by atoms with Crippen LogP contribution in [0.3, 0.4) is 0 Å². The van der Waals surface area contributed by atoms with Crippen LogP contribution >= 0.6 is 12.4 Å². The van der Waals surface area contributed by atoms with Crippen molar-refractivity contribution in [3.8, 4) is 0 Å². The molecule has 0 radical (unpaired) electrons. The smallest absolute Gasteiger partial charge is 0.325 e. The summed E-state index contributed by atoms with van der Waals surface area (Å²) < 4.78 is 6.76. The number of nitrogen functional groups attached to an aromatic ring is 1. The van der Waals surface area contributed by atoms with Crippen LogP contribution in [0.4, 0.5) is 5.69 Å². The van der Waals surface area contributed by atoms with Gasteiger partial charge in [-0.15, -0.1) is 12.4 Å². The lowest BCUT2D eigenvalue weighted by molar-refractivity contribution is -0.143. The predicted octanol–water partition coefficient (Wildman–Crippen LogP) is 2.21. The molecule has 0 fully saturated rings. The maximum Gasteiger partial charge on any atom is 0.325 e. The Morgan fingerprint density at radius 1 is 1.41 bits per heavy atom. The maximum atomic E-state index is 11.4. The molecule has 2 aromatic rings. The molecule has 0 bridgehead atoms. The molecule has 2 N–H and O–H groups in total. The summed E-state index contributed by atoms with van der Waals surface area (Å²) in [6, 6.07) is 7.55. The van der Waals surface area contributed by atoms with E-state index in [4.69, 9.17) is 10.5 Å². The lowest BCUT2D eigenvalue weighted by Gasteiger charge is -2.05. The molecular weight excluding hydrogens is 240 g/mol. The van der Waals surface area contributed by atoms with Gasteiger partial charge in [-0.1, -0.05) is 0 Å². The van der Waals surface area contributed by atoms with E-state index in [-0.39, 0.29) is 24.9 Å². The molecule has 2 rings (SSSR count). The van der Waals surface area contributed by atoms with Crippen LogP contribution in [-0.2, 0) is 16.1 Å². The van der Waals surface area contributed by atoms with Gasteiger partial charge in [0.25, 0.3) is 0 Å². The van der Waals surface area contributed by atoms with Crippen molar-refractivity contribution in [1.82, 2.24) is 4.57 Å². The Balaban J connectivity index is 0.00000144. The van der Waals surface area contributed by atoms with Gasteiger partial charge < -0.3 is 15.0 Å². The summed E-state index contributed by atoms with van der Waals surface area (Å²) in [6.07, 6.45) is 1.86. The molecule has 0 saturated carbocycles.